The molecule has 7 nitrogen and oxygen atoms in total. The predicted octanol–water partition coefficient (Wildman–Crippen LogP) is 5.11. The molecule has 7 heteroatoms. The summed E-state index contributed by atoms with van der Waals surface area (Å²) in [6.07, 6.45) is 0.736. The third-order valence-corrected chi connectivity index (χ3v) is 7.34. The lowest BCUT2D eigenvalue weighted by Gasteiger charge is -2.28. The van der Waals surface area contributed by atoms with Crippen LogP contribution in [0.4, 0.5) is 11.6 Å². The molecule has 1 aromatic heterocycles. The smallest absolute Gasteiger partial charge is 0.337 e. The molecule has 0 amide bonds. The summed E-state index contributed by atoms with van der Waals surface area (Å²) in [6, 6.07) is 21.7. The molecule has 5 rings (SSSR count). The van der Waals surface area contributed by atoms with Gasteiger partial charge in [-0.2, -0.15) is 0 Å². The van der Waals surface area contributed by atoms with Crippen LogP contribution in [-0.4, -0.2) is 35.9 Å². The van der Waals surface area contributed by atoms with E-state index in [1.807, 2.05) is 61.2 Å². The molecule has 3 N–H and O–H groups in total. The minimum Gasteiger partial charge on any atom is -0.478 e. The van der Waals surface area contributed by atoms with Crippen LogP contribution in [0, 0.1) is 6.92 Å². The van der Waals surface area contributed by atoms with Crippen molar-refractivity contribution in [2.45, 2.75) is 31.7 Å². The number of carboxylic acids is 1. The first-order valence-electron chi connectivity index (χ1n) is 12.4. The molecule has 0 saturated carbocycles. The molecule has 3 aromatic carbocycles. The van der Waals surface area contributed by atoms with Crippen LogP contribution in [0.15, 0.2) is 82.0 Å². The van der Waals surface area contributed by atoms with Gasteiger partial charge in [-0.15, -0.1) is 0 Å². The van der Waals surface area contributed by atoms with Gasteiger partial charge >= 0.3 is 5.97 Å². The first-order valence-corrected chi connectivity index (χ1v) is 12.4. The molecule has 37 heavy (non-hydrogen) atoms. The standard InChI is InChI=1S/C30H30N2O5/c1-19-14-23(20(2)31-25-11-7-6-10-22(25)29(35)36)28-24(15-19)26(34)16-27(37-28)32-13-12-30(17-32,18-33)21-8-4-3-5-9-21/h3-11,14-16,20,31,33H,12-13,17-18H2,1-2H3,(H,35,36). The second-order valence-electron chi connectivity index (χ2n) is 9.87. The zero-order valence-corrected chi connectivity index (χ0v) is 20.9. The Morgan fingerprint density at radius 2 is 1.84 bits per heavy atom. The number of fused-ring (bicyclic) bond motifs is 1. The Morgan fingerprint density at radius 3 is 2.57 bits per heavy atom. The number of hydrogen-bond donors (Lipinski definition) is 3. The summed E-state index contributed by atoms with van der Waals surface area (Å²) in [4.78, 5) is 27.0. The lowest BCUT2D eigenvalue weighted by atomic mass is 9.80. The molecule has 2 atom stereocenters. The Morgan fingerprint density at radius 1 is 1.11 bits per heavy atom. The molecular formula is C30H30N2O5. The highest BCUT2D eigenvalue weighted by molar-refractivity contribution is 5.94. The maximum Gasteiger partial charge on any atom is 0.337 e. The van der Waals surface area contributed by atoms with Gasteiger partial charge in [-0.3, -0.25) is 4.79 Å². The number of rotatable bonds is 7. The second kappa shape index (κ2) is 9.75. The summed E-state index contributed by atoms with van der Waals surface area (Å²) in [5.74, 6) is -0.551. The Balaban J connectivity index is 1.53. The average Bonchev–Trinajstić information content (AvgIpc) is 3.35. The van der Waals surface area contributed by atoms with Gasteiger partial charge in [0.05, 0.1) is 23.6 Å². The number of nitrogens with one attached hydrogen (secondary N) is 1. The molecule has 1 saturated heterocycles. The molecule has 1 aliphatic rings. The fourth-order valence-corrected chi connectivity index (χ4v) is 5.31. The van der Waals surface area contributed by atoms with Crippen LogP contribution in [0.2, 0.25) is 0 Å². The highest BCUT2D eigenvalue weighted by Crippen LogP contribution is 2.38. The van der Waals surface area contributed by atoms with Crippen LogP contribution >= 0.6 is 0 Å². The molecule has 1 aliphatic heterocycles. The van der Waals surface area contributed by atoms with Crippen LogP contribution in [0.5, 0.6) is 0 Å². The summed E-state index contributed by atoms with van der Waals surface area (Å²) >= 11 is 0. The number of hydrogen-bond acceptors (Lipinski definition) is 6. The molecule has 190 valence electrons. The first-order chi connectivity index (χ1) is 17.8. The molecule has 2 unspecified atom stereocenters. The van der Waals surface area contributed by atoms with E-state index in [-0.39, 0.29) is 23.6 Å². The van der Waals surface area contributed by atoms with Crippen LogP contribution in [0.25, 0.3) is 11.0 Å². The molecule has 0 bridgehead atoms. The Hall–Kier alpha value is -4.10. The van der Waals surface area contributed by atoms with E-state index in [2.05, 4.69) is 5.32 Å². The van der Waals surface area contributed by atoms with Crippen molar-refractivity contribution < 1.29 is 19.4 Å². The van der Waals surface area contributed by atoms with Gasteiger partial charge in [-0.25, -0.2) is 4.79 Å². The summed E-state index contributed by atoms with van der Waals surface area (Å²) in [5.41, 5.74) is 3.31. The van der Waals surface area contributed by atoms with Crippen LogP contribution in [0.3, 0.4) is 0 Å². The van der Waals surface area contributed by atoms with Gasteiger partial charge in [0.1, 0.15) is 5.58 Å². The number of para-hydroxylation sites is 1. The number of aliphatic hydroxyl groups excluding tert-OH is 1. The number of nitrogens with zero attached hydrogens (tertiary/aromatic N) is 1. The largest absolute Gasteiger partial charge is 0.478 e. The topological polar surface area (TPSA) is 103 Å². The van der Waals surface area contributed by atoms with Crippen molar-refractivity contribution in [1.29, 1.82) is 0 Å². The molecule has 2 heterocycles. The van der Waals surface area contributed by atoms with E-state index in [4.69, 9.17) is 4.42 Å². The molecule has 0 aliphatic carbocycles. The van der Waals surface area contributed by atoms with E-state index in [0.29, 0.717) is 35.6 Å². The third-order valence-electron chi connectivity index (χ3n) is 7.34. The van der Waals surface area contributed by atoms with Gasteiger partial charge in [0.25, 0.3) is 0 Å². The number of benzene rings is 3. The van der Waals surface area contributed by atoms with E-state index >= 15 is 0 Å². The van der Waals surface area contributed by atoms with Crippen LogP contribution in [0.1, 0.15) is 46.4 Å². The average molecular weight is 499 g/mol. The quantitative estimate of drug-likeness (QED) is 0.325. The van der Waals surface area contributed by atoms with Crippen molar-refractivity contribution >= 4 is 28.5 Å². The number of anilines is 2. The summed E-state index contributed by atoms with van der Waals surface area (Å²) in [7, 11) is 0. The van der Waals surface area contributed by atoms with E-state index in [9.17, 15) is 19.8 Å². The van der Waals surface area contributed by atoms with E-state index in [1.165, 1.54) is 6.07 Å². The SMILES string of the molecule is Cc1cc(C(C)Nc2ccccc2C(=O)O)c2oc(N3CCC(CO)(c4ccccc4)C3)cc(=O)c2c1. The molecule has 1 fully saturated rings. The van der Waals surface area contributed by atoms with Gasteiger partial charge in [-0.05, 0) is 49.6 Å². The molecular weight excluding hydrogens is 468 g/mol. The lowest BCUT2D eigenvalue weighted by Crippen LogP contribution is -2.34. The number of aromatic carboxylic acids is 1. The highest BCUT2D eigenvalue weighted by Gasteiger charge is 2.40. The summed E-state index contributed by atoms with van der Waals surface area (Å²) < 4.78 is 6.41. The lowest BCUT2D eigenvalue weighted by molar-refractivity contribution is 0.0698. The van der Waals surface area contributed by atoms with Gasteiger partial charge in [0.15, 0.2) is 11.3 Å². The van der Waals surface area contributed by atoms with Gasteiger partial charge in [0, 0.05) is 35.8 Å². The van der Waals surface area contributed by atoms with E-state index in [1.54, 1.807) is 24.3 Å². The van der Waals surface area contributed by atoms with Gasteiger partial charge in [-0.1, -0.05) is 48.5 Å². The second-order valence-corrected chi connectivity index (χ2v) is 9.87. The fraction of sp³-hybridized carbons (Fsp3) is 0.267. The number of carbonyl (C=O) groups is 1. The minimum atomic E-state index is -1.02. The zero-order valence-electron chi connectivity index (χ0n) is 20.9. The maximum atomic E-state index is 13.3. The maximum absolute atomic E-state index is 13.3. The summed E-state index contributed by atoms with van der Waals surface area (Å²) in [6.45, 7) is 5.01. The van der Waals surface area contributed by atoms with Crippen molar-refractivity contribution in [2.24, 2.45) is 0 Å². The Labute approximate surface area is 215 Å². The van der Waals surface area contributed by atoms with Gasteiger partial charge in [0.2, 0.25) is 0 Å². The predicted molar refractivity (Wildman–Crippen MR) is 145 cm³/mol. The molecule has 0 spiro atoms. The zero-order chi connectivity index (χ0) is 26.2. The van der Waals surface area contributed by atoms with Crippen molar-refractivity contribution in [3.63, 3.8) is 0 Å². The van der Waals surface area contributed by atoms with Crippen LogP contribution in [-0.2, 0) is 5.41 Å². The van der Waals surface area contributed by atoms with Gasteiger partial charge < -0.3 is 24.8 Å². The number of aryl methyl sites for hydroxylation is 1. The van der Waals surface area contributed by atoms with Crippen molar-refractivity contribution in [2.75, 3.05) is 29.9 Å². The minimum absolute atomic E-state index is 0.000286. The first kappa shape index (κ1) is 24.6. The number of aliphatic hydroxyl groups is 1. The van der Waals surface area contributed by atoms with E-state index in [0.717, 1.165) is 23.1 Å². The van der Waals surface area contributed by atoms with Crippen molar-refractivity contribution in [3.8, 4) is 0 Å². The monoisotopic (exact) mass is 498 g/mol. The van der Waals surface area contributed by atoms with Crippen molar-refractivity contribution in [3.05, 3.63) is 105 Å². The fourth-order valence-electron chi connectivity index (χ4n) is 5.31. The van der Waals surface area contributed by atoms with Crippen LogP contribution < -0.4 is 15.6 Å². The number of carboxylic acid groups (broad SMARTS) is 1. The Bertz CT molecular complexity index is 1510. The molecule has 0 radical (unpaired) electrons. The van der Waals surface area contributed by atoms with Crippen molar-refractivity contribution in [1.82, 2.24) is 0 Å². The summed E-state index contributed by atoms with van der Waals surface area (Å²) in [5, 5.41) is 23.7. The Kier molecular flexibility index (Phi) is 6.48. The van der Waals surface area contributed by atoms with E-state index < -0.39 is 11.4 Å². The third kappa shape index (κ3) is 4.58. The highest BCUT2D eigenvalue weighted by atomic mass is 16.4. The normalized spacial score (nSPS) is 18.2. The molecule has 4 aromatic rings.